The zero-order valence-electron chi connectivity index (χ0n) is 13.0. The van der Waals surface area contributed by atoms with Crippen molar-refractivity contribution < 1.29 is 14.0 Å². The normalized spacial score (nSPS) is 12.0. The number of aryl methyl sites for hydroxylation is 1. The summed E-state index contributed by atoms with van der Waals surface area (Å²) in [4.78, 5) is 41.4. The highest BCUT2D eigenvalue weighted by Crippen LogP contribution is 2.21. The molecule has 1 amide bonds. The number of furan rings is 1. The number of amides is 1. The minimum atomic E-state index is -0.542. The molecule has 7 nitrogen and oxygen atoms in total. The number of nitrogens with zero attached hydrogens (tertiary/aromatic N) is 1. The molecule has 0 aliphatic heterocycles. The van der Waals surface area contributed by atoms with Gasteiger partial charge in [-0.3, -0.25) is 9.59 Å². The van der Waals surface area contributed by atoms with Gasteiger partial charge < -0.3 is 14.7 Å². The first-order chi connectivity index (χ1) is 10.9. The van der Waals surface area contributed by atoms with Gasteiger partial charge in [-0.25, -0.2) is 4.79 Å². The molecule has 0 aliphatic rings. The molecule has 0 aliphatic carbocycles. The molecule has 0 aromatic carbocycles. The molecule has 2 heterocycles. The largest absolute Gasteiger partial charge is 0.467 e. The van der Waals surface area contributed by atoms with Gasteiger partial charge in [0.15, 0.2) is 5.78 Å². The first kappa shape index (κ1) is 17.0. The van der Waals surface area contributed by atoms with Crippen LogP contribution in [0, 0.1) is 6.92 Å². The van der Waals surface area contributed by atoms with Crippen LogP contribution < -0.4 is 11.0 Å². The summed E-state index contributed by atoms with van der Waals surface area (Å²) < 4.78 is 5.22. The van der Waals surface area contributed by atoms with Crippen LogP contribution in [-0.4, -0.2) is 27.4 Å². The highest BCUT2D eigenvalue weighted by molar-refractivity contribution is 8.00. The molecular weight excluding hydrogens is 318 g/mol. The lowest BCUT2D eigenvalue weighted by Gasteiger charge is -2.12. The third-order valence-corrected chi connectivity index (χ3v) is 4.10. The monoisotopic (exact) mass is 335 g/mol. The van der Waals surface area contributed by atoms with Crippen molar-refractivity contribution in [1.29, 1.82) is 0 Å². The number of hydrogen-bond acceptors (Lipinski definition) is 6. The van der Waals surface area contributed by atoms with E-state index in [0.29, 0.717) is 17.0 Å². The number of Topliss-reactive ketones (excluding diaryl/α,β-unsaturated/α-hetero) is 1. The van der Waals surface area contributed by atoms with Crippen molar-refractivity contribution in [1.82, 2.24) is 15.3 Å². The van der Waals surface area contributed by atoms with Crippen LogP contribution in [0.25, 0.3) is 0 Å². The van der Waals surface area contributed by atoms with E-state index in [1.807, 2.05) is 0 Å². The summed E-state index contributed by atoms with van der Waals surface area (Å²) in [5, 5.41) is 3.04. The summed E-state index contributed by atoms with van der Waals surface area (Å²) >= 11 is 1.06. The van der Waals surface area contributed by atoms with Gasteiger partial charge >= 0.3 is 5.69 Å². The van der Waals surface area contributed by atoms with Gasteiger partial charge in [-0.2, -0.15) is 4.98 Å². The van der Waals surface area contributed by atoms with Crippen molar-refractivity contribution in [3.05, 3.63) is 45.9 Å². The maximum absolute atomic E-state index is 12.0. The first-order valence-electron chi connectivity index (χ1n) is 6.96. The number of carbonyl (C=O) groups is 2. The number of H-pyrrole nitrogens is 1. The first-order valence-corrected chi connectivity index (χ1v) is 7.94. The second kappa shape index (κ2) is 7.28. The van der Waals surface area contributed by atoms with E-state index >= 15 is 0 Å². The maximum atomic E-state index is 12.0. The van der Waals surface area contributed by atoms with E-state index in [1.54, 1.807) is 26.0 Å². The van der Waals surface area contributed by atoms with E-state index in [4.69, 9.17) is 4.42 Å². The van der Waals surface area contributed by atoms with Crippen molar-refractivity contribution in [3.63, 3.8) is 0 Å². The number of carbonyl (C=O) groups excluding carboxylic acids is 2. The molecule has 122 valence electrons. The fraction of sp³-hybridized carbons (Fsp3) is 0.333. The third kappa shape index (κ3) is 4.32. The average molecular weight is 335 g/mol. The van der Waals surface area contributed by atoms with Gasteiger partial charge in [-0.1, -0.05) is 11.8 Å². The second-order valence-electron chi connectivity index (χ2n) is 5.00. The molecule has 2 N–H and O–H groups in total. The van der Waals surface area contributed by atoms with Crippen LogP contribution in [0.5, 0.6) is 0 Å². The lowest BCUT2D eigenvalue weighted by atomic mass is 10.2. The molecule has 0 spiro atoms. The molecule has 0 radical (unpaired) electrons. The van der Waals surface area contributed by atoms with Gasteiger partial charge in [0.2, 0.25) is 5.91 Å². The average Bonchev–Trinajstić information content (AvgIpc) is 2.98. The summed E-state index contributed by atoms with van der Waals surface area (Å²) in [6.45, 7) is 4.83. The standard InChI is InChI=1S/C15H17N3O4S/c1-8(11-5-4-6-22-11)16-12(20)7-23-14-13(10(3)19)9(2)17-15(21)18-14/h4-6,8H,7H2,1-3H3,(H,16,20)(H,17,18,21). The molecule has 23 heavy (non-hydrogen) atoms. The quantitative estimate of drug-likeness (QED) is 0.474. The van der Waals surface area contributed by atoms with E-state index in [1.165, 1.54) is 13.2 Å². The zero-order chi connectivity index (χ0) is 17.0. The number of thioether (sulfide) groups is 1. The van der Waals surface area contributed by atoms with Crippen LogP contribution in [0.1, 0.15) is 41.7 Å². The number of nitrogens with one attached hydrogen (secondary N) is 2. The smallest absolute Gasteiger partial charge is 0.346 e. The van der Waals surface area contributed by atoms with E-state index < -0.39 is 5.69 Å². The minimum Gasteiger partial charge on any atom is -0.467 e. The maximum Gasteiger partial charge on any atom is 0.346 e. The summed E-state index contributed by atoms with van der Waals surface area (Å²) in [7, 11) is 0. The van der Waals surface area contributed by atoms with Crippen LogP contribution in [0.3, 0.4) is 0 Å². The lowest BCUT2D eigenvalue weighted by Crippen LogP contribution is -2.28. The molecule has 8 heteroatoms. The van der Waals surface area contributed by atoms with Crippen LogP contribution in [-0.2, 0) is 4.79 Å². The van der Waals surface area contributed by atoms with E-state index in [0.717, 1.165) is 11.8 Å². The van der Waals surface area contributed by atoms with Gasteiger partial charge in [-0.05, 0) is 32.9 Å². The third-order valence-electron chi connectivity index (χ3n) is 3.13. The summed E-state index contributed by atoms with van der Waals surface area (Å²) in [6.07, 6.45) is 1.54. The van der Waals surface area contributed by atoms with Gasteiger partial charge in [0, 0.05) is 5.69 Å². The van der Waals surface area contributed by atoms with Crippen molar-refractivity contribution >= 4 is 23.5 Å². The Balaban J connectivity index is 2.04. The van der Waals surface area contributed by atoms with E-state index in [-0.39, 0.29) is 28.5 Å². The Bertz CT molecular complexity index is 768. The van der Waals surface area contributed by atoms with Gasteiger partial charge in [0.05, 0.1) is 23.6 Å². The molecule has 0 saturated heterocycles. The Labute approximate surface area is 136 Å². The van der Waals surface area contributed by atoms with Crippen LogP contribution in [0.15, 0.2) is 32.6 Å². The molecule has 2 aromatic rings. The van der Waals surface area contributed by atoms with Crippen molar-refractivity contribution in [2.24, 2.45) is 0 Å². The summed E-state index contributed by atoms with van der Waals surface area (Å²) in [6, 6.07) is 3.25. The highest BCUT2D eigenvalue weighted by Gasteiger charge is 2.17. The van der Waals surface area contributed by atoms with Gasteiger partial charge in [0.1, 0.15) is 10.8 Å². The molecule has 1 atom stereocenters. The van der Waals surface area contributed by atoms with Crippen molar-refractivity contribution in [2.75, 3.05) is 5.75 Å². The Morgan fingerprint density at radius 1 is 1.48 bits per heavy atom. The Hall–Kier alpha value is -2.35. The van der Waals surface area contributed by atoms with Gasteiger partial charge in [-0.15, -0.1) is 0 Å². The Morgan fingerprint density at radius 2 is 2.22 bits per heavy atom. The fourth-order valence-corrected chi connectivity index (χ4v) is 3.04. The second-order valence-corrected chi connectivity index (χ2v) is 5.96. The SMILES string of the molecule is CC(=O)c1c(SCC(=O)NC(C)c2ccco2)nc(=O)[nH]c1C. The van der Waals surface area contributed by atoms with Crippen molar-refractivity contribution in [2.45, 2.75) is 31.8 Å². The molecule has 0 saturated carbocycles. The topological polar surface area (TPSA) is 105 Å². The lowest BCUT2D eigenvalue weighted by molar-refractivity contribution is -0.119. The Morgan fingerprint density at radius 3 is 2.83 bits per heavy atom. The summed E-state index contributed by atoms with van der Waals surface area (Å²) in [5.41, 5.74) is 0.241. The highest BCUT2D eigenvalue weighted by atomic mass is 32.2. The molecule has 0 fully saturated rings. The molecule has 0 bridgehead atoms. The fourth-order valence-electron chi connectivity index (χ4n) is 2.10. The zero-order valence-corrected chi connectivity index (χ0v) is 13.8. The van der Waals surface area contributed by atoms with Crippen molar-refractivity contribution in [3.8, 4) is 0 Å². The molecule has 2 rings (SSSR count). The van der Waals surface area contributed by atoms with Gasteiger partial charge in [0.25, 0.3) is 0 Å². The van der Waals surface area contributed by atoms with E-state index in [2.05, 4.69) is 15.3 Å². The number of aromatic nitrogens is 2. The van der Waals surface area contributed by atoms with Crippen LogP contribution in [0.2, 0.25) is 0 Å². The molecule has 1 unspecified atom stereocenters. The van der Waals surface area contributed by atoms with E-state index in [9.17, 15) is 14.4 Å². The number of aromatic amines is 1. The predicted molar refractivity (Wildman–Crippen MR) is 85.6 cm³/mol. The molecular formula is C15H17N3O4S. The number of ketones is 1. The minimum absolute atomic E-state index is 0.0429. The van der Waals surface area contributed by atoms with Crippen LogP contribution >= 0.6 is 11.8 Å². The molecule has 2 aromatic heterocycles. The summed E-state index contributed by atoms with van der Waals surface area (Å²) in [5.74, 6) is 0.241. The predicted octanol–water partition coefficient (Wildman–Crippen LogP) is 1.84. The number of hydrogen-bond donors (Lipinski definition) is 2. The van der Waals surface area contributed by atoms with Crippen LogP contribution in [0.4, 0.5) is 0 Å². The Kier molecular flexibility index (Phi) is 5.38. The number of rotatable bonds is 6.